The molecule has 11 heteroatoms. The van der Waals surface area contributed by atoms with E-state index in [1.165, 1.54) is 6.07 Å². The number of rotatable bonds is 1. The second-order valence-electron chi connectivity index (χ2n) is 7.68. The summed E-state index contributed by atoms with van der Waals surface area (Å²) in [6.07, 6.45) is -3.94. The lowest BCUT2D eigenvalue weighted by molar-refractivity contribution is -0.140. The molecule has 4 rings (SSSR count). The maximum atomic E-state index is 13.1. The SMILES string of the molecule is O=C1CO[C@H]2CCN(C(=O)N3CCN(c4ccc(Cl)c(C(F)(F)F)c4)CC3)C[C@H]2N1. The number of alkyl halides is 3. The Morgan fingerprint density at radius 2 is 1.87 bits per heavy atom. The number of piperidine rings is 1. The van der Waals surface area contributed by atoms with Crippen molar-refractivity contribution in [2.45, 2.75) is 24.7 Å². The number of hydrogen-bond acceptors (Lipinski definition) is 4. The Labute approximate surface area is 176 Å². The number of anilines is 1. The number of urea groups is 1. The first-order chi connectivity index (χ1) is 14.2. The van der Waals surface area contributed by atoms with Crippen LogP contribution in [0.3, 0.4) is 0 Å². The second kappa shape index (κ2) is 8.14. The van der Waals surface area contributed by atoms with Crippen molar-refractivity contribution in [3.8, 4) is 0 Å². The van der Waals surface area contributed by atoms with Crippen molar-refractivity contribution in [1.82, 2.24) is 15.1 Å². The molecule has 1 N–H and O–H groups in total. The maximum absolute atomic E-state index is 13.1. The van der Waals surface area contributed by atoms with Gasteiger partial charge in [0.1, 0.15) is 6.61 Å². The molecule has 0 bridgehead atoms. The van der Waals surface area contributed by atoms with Crippen molar-refractivity contribution in [3.05, 3.63) is 28.8 Å². The predicted molar refractivity (Wildman–Crippen MR) is 103 cm³/mol. The lowest BCUT2D eigenvalue weighted by Gasteiger charge is -2.44. The smallest absolute Gasteiger partial charge is 0.368 e. The Kier molecular flexibility index (Phi) is 5.71. The first-order valence-corrected chi connectivity index (χ1v) is 10.2. The Morgan fingerprint density at radius 3 is 2.57 bits per heavy atom. The maximum Gasteiger partial charge on any atom is 0.417 e. The van der Waals surface area contributed by atoms with Crippen molar-refractivity contribution in [2.75, 3.05) is 50.8 Å². The van der Waals surface area contributed by atoms with Crippen LogP contribution < -0.4 is 10.2 Å². The molecule has 0 radical (unpaired) electrons. The number of carbonyl (C=O) groups is 2. The molecule has 7 nitrogen and oxygen atoms in total. The Morgan fingerprint density at radius 1 is 1.13 bits per heavy atom. The summed E-state index contributed by atoms with van der Waals surface area (Å²) in [5.74, 6) is -0.180. The minimum atomic E-state index is -4.52. The van der Waals surface area contributed by atoms with Gasteiger partial charge in [-0.25, -0.2) is 4.79 Å². The van der Waals surface area contributed by atoms with Crippen LogP contribution in [0.15, 0.2) is 18.2 Å². The van der Waals surface area contributed by atoms with Gasteiger partial charge in [0.05, 0.1) is 22.7 Å². The molecule has 0 aromatic heterocycles. The van der Waals surface area contributed by atoms with Gasteiger partial charge in [-0.1, -0.05) is 11.6 Å². The van der Waals surface area contributed by atoms with Crippen LogP contribution in [-0.2, 0) is 15.7 Å². The summed E-state index contributed by atoms with van der Waals surface area (Å²) in [4.78, 5) is 29.7. The van der Waals surface area contributed by atoms with Crippen LogP contribution in [0.5, 0.6) is 0 Å². The zero-order valence-electron chi connectivity index (χ0n) is 16.1. The minimum absolute atomic E-state index is 0.0534. The number of ether oxygens (including phenoxy) is 1. The Bertz CT molecular complexity index is 830. The molecule has 30 heavy (non-hydrogen) atoms. The fraction of sp³-hybridized carbons (Fsp3) is 0.579. The van der Waals surface area contributed by atoms with Crippen LogP contribution >= 0.6 is 11.6 Å². The molecule has 0 aliphatic carbocycles. The lowest BCUT2D eigenvalue weighted by Crippen LogP contribution is -2.63. The number of hydrogen-bond donors (Lipinski definition) is 1. The number of nitrogens with one attached hydrogen (secondary N) is 1. The fourth-order valence-corrected chi connectivity index (χ4v) is 4.38. The summed E-state index contributed by atoms with van der Waals surface area (Å²) < 4.78 is 44.9. The Balaban J connectivity index is 1.36. The number of benzene rings is 1. The molecule has 3 aliphatic heterocycles. The molecule has 2 atom stereocenters. The summed E-state index contributed by atoms with van der Waals surface area (Å²) in [5.41, 5.74) is -0.429. The molecule has 164 valence electrons. The molecule has 3 aliphatic rings. The molecular formula is C19H22ClF3N4O3. The number of morpholine rings is 1. The second-order valence-corrected chi connectivity index (χ2v) is 8.08. The number of carbonyl (C=O) groups excluding carboxylic acids is 2. The van der Waals surface area contributed by atoms with Crippen LogP contribution in [0.2, 0.25) is 5.02 Å². The van der Waals surface area contributed by atoms with E-state index in [9.17, 15) is 22.8 Å². The molecule has 1 aromatic carbocycles. The van der Waals surface area contributed by atoms with Gasteiger partial charge < -0.3 is 24.8 Å². The molecule has 0 spiro atoms. The van der Waals surface area contributed by atoms with E-state index in [0.717, 1.165) is 6.07 Å². The van der Waals surface area contributed by atoms with Crippen LogP contribution in [0.25, 0.3) is 0 Å². The van der Waals surface area contributed by atoms with Crippen molar-refractivity contribution < 1.29 is 27.5 Å². The number of nitrogens with zero attached hydrogens (tertiary/aromatic N) is 3. The molecule has 3 saturated heterocycles. The molecule has 1 aromatic rings. The molecule has 0 unspecified atom stereocenters. The van der Waals surface area contributed by atoms with Crippen molar-refractivity contribution in [3.63, 3.8) is 0 Å². The van der Waals surface area contributed by atoms with Gasteiger partial charge in [0.15, 0.2) is 0 Å². The number of amides is 3. The molecule has 3 fully saturated rings. The van der Waals surface area contributed by atoms with Crippen LogP contribution in [0, 0.1) is 0 Å². The van der Waals surface area contributed by atoms with Gasteiger partial charge in [-0.2, -0.15) is 13.2 Å². The largest absolute Gasteiger partial charge is 0.417 e. The molecule has 3 heterocycles. The van der Waals surface area contributed by atoms with Crippen molar-refractivity contribution in [2.24, 2.45) is 0 Å². The summed E-state index contributed by atoms with van der Waals surface area (Å²) in [6.45, 7) is 2.63. The van der Waals surface area contributed by atoms with Crippen molar-refractivity contribution in [1.29, 1.82) is 0 Å². The van der Waals surface area contributed by atoms with Gasteiger partial charge in [-0.3, -0.25) is 4.79 Å². The third kappa shape index (κ3) is 4.29. The highest BCUT2D eigenvalue weighted by Crippen LogP contribution is 2.37. The highest BCUT2D eigenvalue weighted by molar-refractivity contribution is 6.31. The Hall–Kier alpha value is -2.20. The van der Waals surface area contributed by atoms with E-state index in [-0.39, 0.29) is 35.7 Å². The first-order valence-electron chi connectivity index (χ1n) is 9.79. The van der Waals surface area contributed by atoms with E-state index < -0.39 is 11.7 Å². The summed E-state index contributed by atoms with van der Waals surface area (Å²) >= 11 is 5.70. The number of halogens is 4. The normalized spacial score (nSPS) is 25.1. The van der Waals surface area contributed by atoms with Gasteiger partial charge in [0, 0.05) is 45.0 Å². The van der Waals surface area contributed by atoms with E-state index in [1.54, 1.807) is 15.9 Å². The summed E-state index contributed by atoms with van der Waals surface area (Å²) in [7, 11) is 0. The topological polar surface area (TPSA) is 65.1 Å². The van der Waals surface area contributed by atoms with Crippen molar-refractivity contribution >= 4 is 29.2 Å². The predicted octanol–water partition coefficient (Wildman–Crippen LogP) is 2.19. The molecule has 3 amide bonds. The van der Waals surface area contributed by atoms with Crippen LogP contribution in [0.1, 0.15) is 12.0 Å². The highest BCUT2D eigenvalue weighted by Gasteiger charge is 2.38. The van der Waals surface area contributed by atoms with Gasteiger partial charge in [-0.05, 0) is 24.6 Å². The summed E-state index contributed by atoms with van der Waals surface area (Å²) in [6, 6.07) is 3.53. The zero-order chi connectivity index (χ0) is 21.5. The lowest BCUT2D eigenvalue weighted by atomic mass is 10.0. The average Bonchev–Trinajstić information content (AvgIpc) is 2.72. The fourth-order valence-electron chi connectivity index (χ4n) is 4.16. The van der Waals surface area contributed by atoms with Crippen LogP contribution in [0.4, 0.5) is 23.7 Å². The molecule has 0 saturated carbocycles. The molecular weight excluding hydrogens is 425 g/mol. The van der Waals surface area contributed by atoms with Gasteiger partial charge >= 0.3 is 12.2 Å². The van der Waals surface area contributed by atoms with Gasteiger partial charge in [0.25, 0.3) is 0 Å². The number of likely N-dealkylation sites (tertiary alicyclic amines) is 1. The number of piperazine rings is 1. The third-order valence-corrected chi connectivity index (χ3v) is 6.10. The van der Waals surface area contributed by atoms with Crippen LogP contribution in [-0.4, -0.2) is 79.8 Å². The number of fused-ring (bicyclic) bond motifs is 1. The van der Waals surface area contributed by atoms with Gasteiger partial charge in [-0.15, -0.1) is 0 Å². The van der Waals surface area contributed by atoms with E-state index >= 15 is 0 Å². The monoisotopic (exact) mass is 446 g/mol. The summed E-state index contributed by atoms with van der Waals surface area (Å²) in [5, 5.41) is 2.54. The average molecular weight is 447 g/mol. The first kappa shape index (κ1) is 21.0. The van der Waals surface area contributed by atoms with E-state index in [0.29, 0.717) is 51.4 Å². The van der Waals surface area contributed by atoms with Gasteiger partial charge in [0.2, 0.25) is 5.91 Å². The highest BCUT2D eigenvalue weighted by atomic mass is 35.5. The van der Waals surface area contributed by atoms with E-state index in [1.807, 2.05) is 4.90 Å². The minimum Gasteiger partial charge on any atom is -0.368 e. The zero-order valence-corrected chi connectivity index (χ0v) is 16.9. The quantitative estimate of drug-likeness (QED) is 0.718. The van der Waals surface area contributed by atoms with E-state index in [2.05, 4.69) is 5.32 Å². The third-order valence-electron chi connectivity index (χ3n) is 5.77. The standard InChI is InChI=1S/C19H22ClF3N4O3/c20-14-2-1-12(9-13(14)19(21,22)23)25-5-7-26(8-6-25)18(29)27-4-3-16-15(10-27)24-17(28)11-30-16/h1-2,9,15-16H,3-8,10-11H2,(H,24,28)/t15-,16+/m1/s1. The van der Waals surface area contributed by atoms with E-state index in [4.69, 9.17) is 16.3 Å².